The van der Waals surface area contributed by atoms with Crippen molar-refractivity contribution in [1.29, 1.82) is 0 Å². The van der Waals surface area contributed by atoms with Gasteiger partial charge < -0.3 is 14.4 Å². The van der Waals surface area contributed by atoms with Crippen LogP contribution in [-0.2, 0) is 16.2 Å². The highest BCUT2D eigenvalue weighted by atomic mass is 15.2. The van der Waals surface area contributed by atoms with Gasteiger partial charge in [-0.1, -0.05) is 153 Å². The van der Waals surface area contributed by atoms with Crippen LogP contribution in [0.15, 0.2) is 170 Å². The lowest BCUT2D eigenvalue weighted by atomic mass is 9.39. The van der Waals surface area contributed by atoms with Crippen LogP contribution in [0.3, 0.4) is 0 Å². The second-order valence-electron chi connectivity index (χ2n) is 21.0. The summed E-state index contributed by atoms with van der Waals surface area (Å²) in [5.41, 5.74) is 20.3. The average molecular weight is 831 g/mol. The van der Waals surface area contributed by atoms with E-state index in [1.807, 2.05) is 0 Å². The van der Waals surface area contributed by atoms with Crippen molar-refractivity contribution in [1.82, 2.24) is 9.55 Å². The van der Waals surface area contributed by atoms with Crippen LogP contribution in [-0.4, -0.2) is 16.3 Å². The predicted molar refractivity (Wildman–Crippen MR) is 274 cm³/mol. The van der Waals surface area contributed by atoms with Gasteiger partial charge >= 0.3 is 0 Å². The monoisotopic (exact) mass is 830 g/mol. The maximum atomic E-state index is 5.56. The van der Waals surface area contributed by atoms with Gasteiger partial charge in [-0.15, -0.1) is 0 Å². The zero-order valence-corrected chi connectivity index (χ0v) is 38.5. The zero-order chi connectivity index (χ0) is 44.3. The van der Waals surface area contributed by atoms with E-state index in [0.29, 0.717) is 0 Å². The number of rotatable bonds is 5. The van der Waals surface area contributed by atoms with Gasteiger partial charge in [0.2, 0.25) is 0 Å². The molecule has 0 unspecified atom stereocenters. The van der Waals surface area contributed by atoms with Crippen molar-refractivity contribution in [3.63, 3.8) is 0 Å². The summed E-state index contributed by atoms with van der Waals surface area (Å²) in [6.07, 6.45) is 0. The summed E-state index contributed by atoms with van der Waals surface area (Å²) in [6.45, 7) is 20.5. The molecule has 0 amide bonds. The number of hydrogen-bond acceptors (Lipinski definition) is 3. The van der Waals surface area contributed by atoms with E-state index < -0.39 is 0 Å². The van der Waals surface area contributed by atoms with Crippen LogP contribution in [0.25, 0.3) is 38.6 Å². The number of nitrogens with zero attached hydrogens (tertiary/aromatic N) is 4. The summed E-state index contributed by atoms with van der Waals surface area (Å²) < 4.78 is 2.42. The molecule has 3 heterocycles. The summed E-state index contributed by atoms with van der Waals surface area (Å²) in [5, 5.41) is 2.49. The van der Waals surface area contributed by atoms with E-state index >= 15 is 0 Å². The molecule has 1 aromatic heterocycles. The zero-order valence-electron chi connectivity index (χ0n) is 38.5. The van der Waals surface area contributed by atoms with Gasteiger partial charge in [0, 0.05) is 39.8 Å². The topological polar surface area (TPSA) is 24.3 Å². The molecule has 4 nitrogen and oxygen atoms in total. The highest BCUT2D eigenvalue weighted by Crippen LogP contribution is 2.44. The molecular formula is C59H55BN4. The molecule has 0 atom stereocenters. The first kappa shape index (κ1) is 40.0. The van der Waals surface area contributed by atoms with E-state index in [-0.39, 0.29) is 23.0 Å². The summed E-state index contributed by atoms with van der Waals surface area (Å²) in [6, 6.07) is 63.6. The van der Waals surface area contributed by atoms with Crippen LogP contribution in [0.5, 0.6) is 0 Å². The van der Waals surface area contributed by atoms with E-state index in [1.165, 1.54) is 60.9 Å². The van der Waals surface area contributed by atoms with Crippen LogP contribution in [0.1, 0.15) is 79.0 Å². The molecule has 0 spiro atoms. The highest BCUT2D eigenvalue weighted by molar-refractivity contribution is 6.99. The molecule has 8 aromatic carbocycles. The lowest BCUT2D eigenvalue weighted by Crippen LogP contribution is -2.55. The van der Waals surface area contributed by atoms with Crippen molar-refractivity contribution < 1.29 is 0 Å². The van der Waals surface area contributed by atoms with Gasteiger partial charge in [-0.25, -0.2) is 4.98 Å². The Balaban J connectivity index is 1.10. The van der Waals surface area contributed by atoms with Gasteiger partial charge in [0.05, 0.1) is 16.8 Å². The average Bonchev–Trinajstić information content (AvgIpc) is 3.81. The van der Waals surface area contributed by atoms with Gasteiger partial charge in [-0.2, -0.15) is 0 Å². The van der Waals surface area contributed by atoms with Crippen LogP contribution in [0.4, 0.5) is 34.1 Å². The second kappa shape index (κ2) is 14.3. The fraction of sp³-hybridized carbons (Fsp3) is 0.203. The van der Waals surface area contributed by atoms with Gasteiger partial charge in [0.1, 0.15) is 0 Å². The number of anilines is 6. The van der Waals surface area contributed by atoms with Crippen LogP contribution < -0.4 is 26.4 Å². The summed E-state index contributed by atoms with van der Waals surface area (Å²) in [5.74, 6) is 0. The minimum absolute atomic E-state index is 0.0394. The Bertz CT molecular complexity index is 3210. The highest BCUT2D eigenvalue weighted by Gasteiger charge is 2.45. The first-order valence-electron chi connectivity index (χ1n) is 22.8. The normalized spacial score (nSPS) is 13.3. The Morgan fingerprint density at radius 2 is 1.00 bits per heavy atom. The molecule has 2 aliphatic rings. The fourth-order valence-electron chi connectivity index (χ4n) is 10.0. The minimum atomic E-state index is -0.0394. The molecule has 64 heavy (non-hydrogen) atoms. The molecule has 0 saturated carbocycles. The van der Waals surface area contributed by atoms with E-state index in [4.69, 9.17) is 4.98 Å². The third kappa shape index (κ3) is 6.55. The Kier molecular flexibility index (Phi) is 8.95. The van der Waals surface area contributed by atoms with E-state index in [0.717, 1.165) is 45.2 Å². The van der Waals surface area contributed by atoms with E-state index in [2.05, 4.69) is 247 Å². The third-order valence-electron chi connectivity index (χ3n) is 13.7. The van der Waals surface area contributed by atoms with Gasteiger partial charge in [0.25, 0.3) is 6.71 Å². The Morgan fingerprint density at radius 1 is 0.453 bits per heavy atom. The Morgan fingerprint density at radius 3 is 1.62 bits per heavy atom. The fourth-order valence-corrected chi connectivity index (χ4v) is 10.0. The predicted octanol–water partition coefficient (Wildman–Crippen LogP) is 13.8. The second-order valence-corrected chi connectivity index (χ2v) is 21.0. The van der Waals surface area contributed by atoms with Gasteiger partial charge in [-0.05, 0) is 145 Å². The van der Waals surface area contributed by atoms with Crippen LogP contribution >= 0.6 is 0 Å². The van der Waals surface area contributed by atoms with Crippen molar-refractivity contribution in [2.24, 2.45) is 0 Å². The van der Waals surface area contributed by atoms with Crippen molar-refractivity contribution in [2.75, 3.05) is 9.80 Å². The van der Waals surface area contributed by atoms with Crippen molar-refractivity contribution >= 4 is 79.3 Å². The first-order valence-corrected chi connectivity index (χ1v) is 22.8. The Labute approximate surface area is 378 Å². The van der Waals surface area contributed by atoms with E-state index in [9.17, 15) is 0 Å². The van der Waals surface area contributed by atoms with Crippen molar-refractivity contribution in [2.45, 2.75) is 78.6 Å². The molecule has 9 aromatic rings. The number of hydrogen-bond donors (Lipinski definition) is 0. The SMILES string of the molecule is CC(C)(C)c1ccc(N(c2ccc(C(C)(C)C)cc2)c2ccc3c(c2)N(c2ccc(C(C)(C)C)cc2)c2cccc4c2B3c2nc3cc(-c5ccc6ccccc6c5)ccc3n2-4)cc1. The molecule has 0 N–H and O–H groups in total. The third-order valence-corrected chi connectivity index (χ3v) is 13.7. The van der Waals surface area contributed by atoms with Crippen molar-refractivity contribution in [3.05, 3.63) is 187 Å². The molecule has 314 valence electrons. The lowest BCUT2D eigenvalue weighted by molar-refractivity contribution is 0.590. The van der Waals surface area contributed by atoms with Crippen LogP contribution in [0.2, 0.25) is 0 Å². The molecule has 0 saturated heterocycles. The summed E-state index contributed by atoms with van der Waals surface area (Å²) in [4.78, 5) is 10.5. The quantitative estimate of drug-likeness (QED) is 0.162. The largest absolute Gasteiger partial charge is 0.311 e. The van der Waals surface area contributed by atoms with Crippen molar-refractivity contribution in [3.8, 4) is 16.8 Å². The molecule has 0 bridgehead atoms. The van der Waals surface area contributed by atoms with Crippen LogP contribution in [0, 0.1) is 0 Å². The van der Waals surface area contributed by atoms with E-state index in [1.54, 1.807) is 0 Å². The first-order chi connectivity index (χ1) is 30.6. The number of imidazole rings is 1. The molecule has 0 radical (unpaired) electrons. The lowest BCUT2D eigenvalue weighted by Gasteiger charge is -2.37. The van der Waals surface area contributed by atoms with Gasteiger partial charge in [0.15, 0.2) is 0 Å². The number of benzene rings is 8. The molecule has 2 aliphatic heterocycles. The molecule has 0 aliphatic carbocycles. The Hall–Kier alpha value is -6.85. The maximum absolute atomic E-state index is 5.56. The smallest absolute Gasteiger partial charge is 0.294 e. The molecule has 11 rings (SSSR count). The van der Waals surface area contributed by atoms with Gasteiger partial charge in [-0.3, -0.25) is 0 Å². The maximum Gasteiger partial charge on any atom is 0.294 e. The molecule has 0 fully saturated rings. The summed E-state index contributed by atoms with van der Waals surface area (Å²) in [7, 11) is 0. The standard InChI is InChI=1S/C59H55BN4/c1-57(2,3)42-20-26-45(27-21-42)62(46-28-22-43(23-29-46)58(4,5)6)48-32-33-49-54(37-48)63(47-30-24-44(25-31-47)59(7,8)9)52-15-12-16-53-55(52)60(49)56-61-50-36-41(19-34-51(50)64(53)56)40-18-17-38-13-10-11-14-39(38)35-40/h10-37H,1-9H3. The number of fused-ring (bicyclic) bond motifs is 8. The minimum Gasteiger partial charge on any atom is -0.311 e. The molecule has 5 heteroatoms. The molecular weight excluding hydrogens is 775 g/mol. The number of aromatic nitrogens is 2. The summed E-state index contributed by atoms with van der Waals surface area (Å²) >= 11 is 0.